The van der Waals surface area contributed by atoms with Crippen molar-refractivity contribution in [1.82, 2.24) is 4.57 Å². The van der Waals surface area contributed by atoms with Crippen molar-refractivity contribution < 1.29 is 27.4 Å². The van der Waals surface area contributed by atoms with Crippen LogP contribution in [0.4, 0.5) is 0 Å². The van der Waals surface area contributed by atoms with Gasteiger partial charge in [0.1, 0.15) is 32.5 Å². The van der Waals surface area contributed by atoms with Gasteiger partial charge in [-0.3, -0.25) is 4.79 Å². The first-order chi connectivity index (χ1) is 13.3. The zero-order chi connectivity index (χ0) is 20.5. The third-order valence-corrected chi connectivity index (χ3v) is 7.88. The van der Waals surface area contributed by atoms with Crippen LogP contribution >= 0.6 is 34.3 Å². The maximum atomic E-state index is 12.7. The van der Waals surface area contributed by atoms with E-state index in [0.29, 0.717) is 26.1 Å². The molecule has 0 aliphatic rings. The second kappa shape index (κ2) is 8.11. The van der Waals surface area contributed by atoms with Crippen LogP contribution in [0.1, 0.15) is 0 Å². The largest absolute Gasteiger partial charge is 0.495 e. The average molecular weight is 463 g/mol. The molecule has 28 heavy (non-hydrogen) atoms. The topological polar surface area (TPSA) is 96.2 Å². The molecular weight excluding hydrogens is 448 g/mol. The van der Waals surface area contributed by atoms with Crippen molar-refractivity contribution in [2.75, 3.05) is 21.3 Å². The van der Waals surface area contributed by atoms with Gasteiger partial charge in [-0.1, -0.05) is 22.9 Å². The molecule has 150 valence electrons. The van der Waals surface area contributed by atoms with Gasteiger partial charge in [0.25, 0.3) is 10.0 Å². The summed E-state index contributed by atoms with van der Waals surface area (Å²) in [6, 6.07) is 6.22. The zero-order valence-corrected chi connectivity index (χ0v) is 18.2. The van der Waals surface area contributed by atoms with Gasteiger partial charge >= 0.3 is 5.97 Å². The lowest BCUT2D eigenvalue weighted by atomic mass is 10.3. The summed E-state index contributed by atoms with van der Waals surface area (Å²) in [5.41, 5.74) is 0.482. The SMILES string of the molecule is COC(=O)Cn1/c(=N/S(=O)(=O)c2ccc(Cl)s2)sc2c(OC)ccc(OC)c21. The van der Waals surface area contributed by atoms with Crippen LogP contribution in [-0.2, 0) is 26.1 Å². The van der Waals surface area contributed by atoms with E-state index in [1.807, 2.05) is 0 Å². The first-order valence-corrected chi connectivity index (χ1v) is 11.1. The summed E-state index contributed by atoms with van der Waals surface area (Å²) in [5.74, 6) is 0.369. The molecule has 0 aliphatic carbocycles. The molecule has 3 aromatic rings. The number of nitrogens with zero attached hydrogens (tertiary/aromatic N) is 2. The van der Waals surface area contributed by atoms with Gasteiger partial charge in [-0.15, -0.1) is 15.7 Å². The van der Waals surface area contributed by atoms with Crippen molar-refractivity contribution in [3.63, 3.8) is 0 Å². The summed E-state index contributed by atoms with van der Waals surface area (Å²) in [6.45, 7) is -0.250. The lowest BCUT2D eigenvalue weighted by molar-refractivity contribution is -0.141. The number of carbonyl (C=O) groups excluding carboxylic acids is 1. The van der Waals surface area contributed by atoms with Gasteiger partial charge in [-0.05, 0) is 24.3 Å². The van der Waals surface area contributed by atoms with Crippen molar-refractivity contribution in [3.05, 3.63) is 33.4 Å². The van der Waals surface area contributed by atoms with Gasteiger partial charge in [0.2, 0.25) is 4.80 Å². The van der Waals surface area contributed by atoms with Crippen molar-refractivity contribution in [2.24, 2.45) is 4.40 Å². The molecule has 0 saturated carbocycles. The fourth-order valence-electron chi connectivity index (χ4n) is 2.45. The van der Waals surface area contributed by atoms with Crippen molar-refractivity contribution >= 4 is 60.5 Å². The number of thiophene rings is 1. The Morgan fingerprint density at radius 3 is 2.36 bits per heavy atom. The molecule has 12 heteroatoms. The molecule has 0 bridgehead atoms. The molecule has 0 aliphatic heterocycles. The molecule has 0 N–H and O–H groups in total. The zero-order valence-electron chi connectivity index (χ0n) is 15.0. The summed E-state index contributed by atoms with van der Waals surface area (Å²) < 4.78 is 47.2. The van der Waals surface area contributed by atoms with Gasteiger partial charge in [0.05, 0.1) is 25.7 Å². The maximum Gasteiger partial charge on any atom is 0.325 e. The average Bonchev–Trinajstić information content (AvgIpc) is 3.25. The molecule has 0 saturated heterocycles. The van der Waals surface area contributed by atoms with Crippen molar-refractivity contribution in [3.8, 4) is 11.5 Å². The van der Waals surface area contributed by atoms with Crippen molar-refractivity contribution in [1.29, 1.82) is 0 Å². The number of ether oxygens (including phenoxy) is 3. The van der Waals surface area contributed by atoms with Crippen molar-refractivity contribution in [2.45, 2.75) is 10.8 Å². The Bertz CT molecular complexity index is 1210. The monoisotopic (exact) mass is 462 g/mol. The highest BCUT2D eigenvalue weighted by molar-refractivity contribution is 7.92. The summed E-state index contributed by atoms with van der Waals surface area (Å²) in [4.78, 5) is 12.0. The molecule has 0 atom stereocenters. The normalized spacial score (nSPS) is 12.4. The second-order valence-electron chi connectivity index (χ2n) is 5.32. The Hall–Kier alpha value is -2.08. The van der Waals surface area contributed by atoms with Crippen LogP contribution in [0.25, 0.3) is 10.2 Å². The maximum absolute atomic E-state index is 12.7. The number of fused-ring (bicyclic) bond motifs is 1. The predicted molar refractivity (Wildman–Crippen MR) is 107 cm³/mol. The highest BCUT2D eigenvalue weighted by Gasteiger charge is 2.21. The number of benzene rings is 1. The fourth-order valence-corrected chi connectivity index (χ4v) is 6.25. The van der Waals surface area contributed by atoms with Gasteiger partial charge in [-0.25, -0.2) is 0 Å². The van der Waals surface area contributed by atoms with Gasteiger partial charge in [-0.2, -0.15) is 8.42 Å². The Kier molecular flexibility index (Phi) is 5.98. The number of methoxy groups -OCH3 is 3. The van der Waals surface area contributed by atoms with E-state index in [-0.39, 0.29) is 15.6 Å². The lowest BCUT2D eigenvalue weighted by Gasteiger charge is -2.09. The minimum atomic E-state index is -4.03. The highest BCUT2D eigenvalue weighted by atomic mass is 35.5. The quantitative estimate of drug-likeness (QED) is 0.522. The molecule has 8 nitrogen and oxygen atoms in total. The van der Waals surface area contributed by atoms with E-state index in [2.05, 4.69) is 4.40 Å². The molecule has 3 rings (SSSR count). The summed E-state index contributed by atoms with van der Waals surface area (Å²) in [7, 11) is 0.185. The third-order valence-electron chi connectivity index (χ3n) is 3.71. The van der Waals surface area contributed by atoms with E-state index in [9.17, 15) is 13.2 Å². The number of sulfonamides is 1. The van der Waals surface area contributed by atoms with E-state index in [4.69, 9.17) is 25.8 Å². The molecule has 0 radical (unpaired) electrons. The molecule has 0 spiro atoms. The molecular formula is C16H15ClN2O6S3. The third kappa shape index (κ3) is 3.88. The molecule has 0 amide bonds. The molecule has 2 aromatic heterocycles. The predicted octanol–water partition coefficient (Wildman–Crippen LogP) is 2.90. The Balaban J connectivity index is 2.35. The van der Waals surface area contributed by atoms with Crippen LogP contribution in [0.2, 0.25) is 4.34 Å². The Morgan fingerprint density at radius 1 is 1.11 bits per heavy atom. The van der Waals surface area contributed by atoms with Gasteiger partial charge in [0.15, 0.2) is 0 Å². The first-order valence-electron chi connectivity index (χ1n) is 7.68. The van der Waals surface area contributed by atoms with Crippen LogP contribution in [-0.4, -0.2) is 40.3 Å². The lowest BCUT2D eigenvalue weighted by Crippen LogP contribution is -2.22. The highest BCUT2D eigenvalue weighted by Crippen LogP contribution is 2.35. The number of hydrogen-bond acceptors (Lipinski definition) is 8. The number of thiazole rings is 1. The van der Waals surface area contributed by atoms with Gasteiger partial charge in [0, 0.05) is 0 Å². The molecule has 2 heterocycles. The summed E-state index contributed by atoms with van der Waals surface area (Å²) in [5, 5.41) is 0. The number of esters is 1. The molecule has 1 aromatic carbocycles. The Labute approximate surface area is 173 Å². The standard InChI is InChI=1S/C16H15ClN2O6S3/c1-23-9-4-5-10(24-2)15-14(9)19(8-12(20)25-3)16(27-15)18-28(21,22)13-7-6-11(17)26-13/h4-7H,8H2,1-3H3/b18-16-. The number of aromatic nitrogens is 1. The smallest absolute Gasteiger partial charge is 0.325 e. The number of carbonyl (C=O) groups is 1. The van der Waals surface area contributed by atoms with Crippen LogP contribution in [0.3, 0.4) is 0 Å². The van der Waals surface area contributed by atoms with E-state index < -0.39 is 16.0 Å². The summed E-state index contributed by atoms with van der Waals surface area (Å²) in [6.07, 6.45) is 0. The van der Waals surface area contributed by atoms with Crippen LogP contribution in [0.5, 0.6) is 11.5 Å². The van der Waals surface area contributed by atoms with Crippen LogP contribution < -0.4 is 14.3 Å². The second-order valence-corrected chi connectivity index (χ2v) is 9.84. The van der Waals surface area contributed by atoms with E-state index in [1.165, 1.54) is 38.0 Å². The summed E-state index contributed by atoms with van der Waals surface area (Å²) >= 11 is 7.81. The number of halogens is 1. The van der Waals surface area contributed by atoms with Gasteiger partial charge < -0.3 is 18.8 Å². The van der Waals surface area contributed by atoms with E-state index >= 15 is 0 Å². The minimum absolute atomic E-state index is 0.00139. The number of rotatable bonds is 6. The first kappa shape index (κ1) is 20.6. The van der Waals surface area contributed by atoms with E-state index in [1.54, 1.807) is 12.1 Å². The van der Waals surface area contributed by atoms with E-state index in [0.717, 1.165) is 22.7 Å². The molecule has 0 fully saturated rings. The number of hydrogen-bond donors (Lipinski definition) is 0. The molecule has 0 unspecified atom stereocenters. The Morgan fingerprint density at radius 2 is 1.79 bits per heavy atom. The van der Waals surface area contributed by atoms with Crippen LogP contribution in [0.15, 0.2) is 32.9 Å². The minimum Gasteiger partial charge on any atom is -0.495 e. The fraction of sp³-hybridized carbons (Fsp3) is 0.250. The van der Waals surface area contributed by atoms with Crippen LogP contribution in [0, 0.1) is 0 Å².